The van der Waals surface area contributed by atoms with Gasteiger partial charge in [0.2, 0.25) is 11.7 Å². The smallest absolute Gasteiger partial charge is 0.233 e. The highest BCUT2D eigenvalue weighted by Gasteiger charge is 2.34. The van der Waals surface area contributed by atoms with E-state index >= 15 is 0 Å². The maximum atomic E-state index is 5.46. The molecule has 1 N–H and O–H groups in total. The van der Waals surface area contributed by atoms with Gasteiger partial charge in [0, 0.05) is 12.5 Å². The van der Waals surface area contributed by atoms with E-state index in [2.05, 4.69) is 27.4 Å². The molecule has 0 atom stereocenters. The minimum absolute atomic E-state index is 0.00487. The second-order valence-corrected chi connectivity index (χ2v) is 5.12. The first kappa shape index (κ1) is 11.4. The largest absolute Gasteiger partial charge is 0.338 e. The first-order valence-electron chi connectivity index (χ1n) is 6.21. The summed E-state index contributed by atoms with van der Waals surface area (Å²) in [5, 5.41) is 7.42. The summed E-state index contributed by atoms with van der Waals surface area (Å²) < 4.78 is 7.34. The highest BCUT2D eigenvalue weighted by molar-refractivity contribution is 5.47. The van der Waals surface area contributed by atoms with E-state index in [1.807, 2.05) is 11.6 Å². The third-order valence-electron chi connectivity index (χ3n) is 3.70. The molecular weight excluding hydrogens is 230 g/mol. The third-order valence-corrected chi connectivity index (χ3v) is 3.70. The number of aryl methyl sites for hydroxylation is 1. The Hall–Kier alpha value is -1.69. The van der Waals surface area contributed by atoms with Gasteiger partial charge < -0.3 is 14.4 Å². The molecule has 0 aliphatic carbocycles. The summed E-state index contributed by atoms with van der Waals surface area (Å²) in [5.74, 6) is 1.35. The molecule has 6 heteroatoms. The Kier molecular flexibility index (Phi) is 2.66. The highest BCUT2D eigenvalue weighted by Crippen LogP contribution is 2.32. The van der Waals surface area contributed by atoms with E-state index in [0.29, 0.717) is 5.82 Å². The van der Waals surface area contributed by atoms with Crippen LogP contribution >= 0.6 is 0 Å². The summed E-state index contributed by atoms with van der Waals surface area (Å²) in [7, 11) is 1.92. The van der Waals surface area contributed by atoms with Gasteiger partial charge in [-0.1, -0.05) is 12.1 Å². The number of nitrogens with zero attached hydrogens (tertiary/aromatic N) is 4. The van der Waals surface area contributed by atoms with Gasteiger partial charge in [-0.15, -0.1) is 0 Å². The molecule has 0 spiro atoms. The molecule has 0 saturated carbocycles. The van der Waals surface area contributed by atoms with E-state index in [-0.39, 0.29) is 5.41 Å². The lowest BCUT2D eigenvalue weighted by Gasteiger charge is -2.30. The second kappa shape index (κ2) is 4.20. The van der Waals surface area contributed by atoms with Gasteiger partial charge in [0.15, 0.2) is 0 Å². The first-order valence-corrected chi connectivity index (χ1v) is 6.21. The molecule has 1 fully saturated rings. The number of hydrogen-bond donors (Lipinski definition) is 1. The Morgan fingerprint density at radius 3 is 2.83 bits per heavy atom. The molecular formula is C12H17N5O. The Morgan fingerprint density at radius 1 is 1.39 bits per heavy atom. The van der Waals surface area contributed by atoms with Crippen LogP contribution in [0.4, 0.5) is 0 Å². The van der Waals surface area contributed by atoms with Gasteiger partial charge in [-0.3, -0.25) is 0 Å². The summed E-state index contributed by atoms with van der Waals surface area (Å²) in [5.41, 5.74) is 0.872. The Labute approximate surface area is 105 Å². The molecule has 0 amide bonds. The number of nitrogens with one attached hydrogen (secondary N) is 1. The van der Waals surface area contributed by atoms with Crippen LogP contribution in [-0.2, 0) is 12.5 Å². The fraction of sp³-hybridized carbons (Fsp3) is 0.583. The molecule has 96 valence electrons. The van der Waals surface area contributed by atoms with Crippen LogP contribution in [0.25, 0.3) is 11.5 Å². The molecule has 3 rings (SSSR count). The summed E-state index contributed by atoms with van der Waals surface area (Å²) in [6.45, 7) is 4.19. The van der Waals surface area contributed by atoms with Crippen molar-refractivity contribution in [2.75, 3.05) is 13.1 Å². The van der Waals surface area contributed by atoms with Crippen LogP contribution in [0.1, 0.15) is 25.7 Å². The van der Waals surface area contributed by atoms with Crippen LogP contribution in [0.3, 0.4) is 0 Å². The zero-order valence-corrected chi connectivity index (χ0v) is 10.7. The number of piperidine rings is 1. The quantitative estimate of drug-likeness (QED) is 0.861. The van der Waals surface area contributed by atoms with Crippen molar-refractivity contribution in [2.24, 2.45) is 7.05 Å². The standard InChI is InChI=1S/C12H17N5O/c1-12(3-5-13-6-4-12)11-15-10(16-18-11)9-7-14-8-17(9)2/h7-8,13H,3-6H2,1-2H3. The van der Waals surface area contributed by atoms with Crippen molar-refractivity contribution in [1.82, 2.24) is 25.0 Å². The molecule has 0 bridgehead atoms. The maximum Gasteiger partial charge on any atom is 0.233 e. The van der Waals surface area contributed by atoms with Crippen LogP contribution in [0.5, 0.6) is 0 Å². The molecule has 1 aliphatic rings. The Bertz CT molecular complexity index is 538. The predicted molar refractivity (Wildman–Crippen MR) is 66.0 cm³/mol. The zero-order chi connectivity index (χ0) is 12.6. The predicted octanol–water partition coefficient (Wildman–Crippen LogP) is 1.11. The van der Waals surface area contributed by atoms with Gasteiger partial charge in [-0.25, -0.2) is 4.98 Å². The summed E-state index contributed by atoms with van der Waals surface area (Å²) in [4.78, 5) is 8.61. The lowest BCUT2D eigenvalue weighted by Crippen LogP contribution is -2.37. The van der Waals surface area contributed by atoms with E-state index in [4.69, 9.17) is 4.52 Å². The lowest BCUT2D eigenvalue weighted by atomic mass is 9.81. The minimum atomic E-state index is -0.00487. The average molecular weight is 247 g/mol. The van der Waals surface area contributed by atoms with E-state index in [9.17, 15) is 0 Å². The molecule has 2 aromatic rings. The zero-order valence-electron chi connectivity index (χ0n) is 10.7. The van der Waals surface area contributed by atoms with E-state index in [1.165, 1.54) is 0 Å². The van der Waals surface area contributed by atoms with Crippen LogP contribution < -0.4 is 5.32 Å². The van der Waals surface area contributed by atoms with Crippen LogP contribution in [0.2, 0.25) is 0 Å². The Morgan fingerprint density at radius 2 is 2.17 bits per heavy atom. The maximum absolute atomic E-state index is 5.46. The molecule has 0 aromatic carbocycles. The molecule has 2 aromatic heterocycles. The molecule has 0 radical (unpaired) electrons. The molecule has 6 nitrogen and oxygen atoms in total. The fourth-order valence-corrected chi connectivity index (χ4v) is 2.34. The van der Waals surface area contributed by atoms with Crippen molar-refractivity contribution in [3.63, 3.8) is 0 Å². The monoisotopic (exact) mass is 247 g/mol. The van der Waals surface area contributed by atoms with Crippen molar-refractivity contribution >= 4 is 0 Å². The van der Waals surface area contributed by atoms with Crippen molar-refractivity contribution in [3.05, 3.63) is 18.4 Å². The molecule has 1 saturated heterocycles. The van der Waals surface area contributed by atoms with Gasteiger partial charge in [0.05, 0.1) is 12.5 Å². The average Bonchev–Trinajstić information content (AvgIpc) is 2.98. The number of hydrogen-bond acceptors (Lipinski definition) is 5. The van der Waals surface area contributed by atoms with E-state index in [1.54, 1.807) is 12.5 Å². The highest BCUT2D eigenvalue weighted by atomic mass is 16.5. The first-order chi connectivity index (χ1) is 8.69. The number of imidazole rings is 1. The lowest BCUT2D eigenvalue weighted by molar-refractivity contribution is 0.241. The fourth-order valence-electron chi connectivity index (χ4n) is 2.34. The summed E-state index contributed by atoms with van der Waals surface area (Å²) in [6.07, 6.45) is 5.54. The van der Waals surface area contributed by atoms with Gasteiger partial charge in [-0.05, 0) is 25.9 Å². The van der Waals surface area contributed by atoms with Crippen LogP contribution in [0, 0.1) is 0 Å². The normalized spacial score (nSPS) is 19.0. The summed E-state index contributed by atoms with van der Waals surface area (Å²) >= 11 is 0. The van der Waals surface area contributed by atoms with Crippen LogP contribution in [-0.4, -0.2) is 32.8 Å². The van der Waals surface area contributed by atoms with E-state index in [0.717, 1.165) is 37.5 Å². The number of aromatic nitrogens is 4. The molecule has 3 heterocycles. The minimum Gasteiger partial charge on any atom is -0.338 e. The van der Waals surface area contributed by atoms with Crippen molar-refractivity contribution in [2.45, 2.75) is 25.2 Å². The van der Waals surface area contributed by atoms with Gasteiger partial charge in [0.1, 0.15) is 5.69 Å². The molecule has 18 heavy (non-hydrogen) atoms. The summed E-state index contributed by atoms with van der Waals surface area (Å²) in [6, 6.07) is 0. The Balaban J connectivity index is 1.92. The van der Waals surface area contributed by atoms with Crippen molar-refractivity contribution in [3.8, 4) is 11.5 Å². The molecule has 1 aliphatic heterocycles. The molecule has 0 unspecified atom stereocenters. The van der Waals surface area contributed by atoms with Crippen molar-refractivity contribution in [1.29, 1.82) is 0 Å². The van der Waals surface area contributed by atoms with Gasteiger partial charge in [0.25, 0.3) is 0 Å². The van der Waals surface area contributed by atoms with Crippen molar-refractivity contribution < 1.29 is 4.52 Å². The van der Waals surface area contributed by atoms with E-state index < -0.39 is 0 Å². The van der Waals surface area contributed by atoms with Gasteiger partial charge >= 0.3 is 0 Å². The van der Waals surface area contributed by atoms with Gasteiger partial charge in [-0.2, -0.15) is 4.98 Å². The SMILES string of the molecule is Cn1cncc1-c1noc(C2(C)CCNCC2)n1. The second-order valence-electron chi connectivity index (χ2n) is 5.12. The van der Waals surface area contributed by atoms with Crippen LogP contribution in [0.15, 0.2) is 17.0 Å². The number of rotatable bonds is 2. The topological polar surface area (TPSA) is 68.8 Å². The third kappa shape index (κ3) is 1.82.